The van der Waals surface area contributed by atoms with Gasteiger partial charge in [0.2, 0.25) is 0 Å². The molecule has 0 radical (unpaired) electrons. The molecule has 0 saturated carbocycles. The highest BCUT2D eigenvalue weighted by atomic mass is 15.1. The van der Waals surface area contributed by atoms with Gasteiger partial charge in [0.15, 0.2) is 0 Å². The van der Waals surface area contributed by atoms with E-state index in [4.69, 9.17) is 5.26 Å². The summed E-state index contributed by atoms with van der Waals surface area (Å²) in [7, 11) is 0. The van der Waals surface area contributed by atoms with Gasteiger partial charge in [-0.3, -0.25) is 0 Å². The van der Waals surface area contributed by atoms with Gasteiger partial charge in [0.1, 0.15) is 0 Å². The minimum Gasteiger partial charge on any atom is -0.368 e. The predicted octanol–water partition coefficient (Wildman–Crippen LogP) is 2.96. The van der Waals surface area contributed by atoms with Crippen LogP contribution in [0.25, 0.3) is 0 Å². The molecule has 0 aliphatic carbocycles. The van der Waals surface area contributed by atoms with Gasteiger partial charge in [0, 0.05) is 18.8 Å². The van der Waals surface area contributed by atoms with Crippen LogP contribution < -0.4 is 4.90 Å². The van der Waals surface area contributed by atoms with Crippen molar-refractivity contribution in [2.75, 3.05) is 18.0 Å². The lowest BCUT2D eigenvalue weighted by Crippen LogP contribution is -2.24. The zero-order chi connectivity index (χ0) is 11.3. The fourth-order valence-corrected chi connectivity index (χ4v) is 1.46. The van der Waals surface area contributed by atoms with Crippen LogP contribution in [0.1, 0.15) is 19.4 Å². The first kappa shape index (κ1) is 11.3. The Hall–Kier alpha value is -1.75. The number of nitrogens with zero attached hydrogens (tertiary/aromatic N) is 2. The average molecular weight is 200 g/mol. The van der Waals surface area contributed by atoms with Crippen LogP contribution in [0.4, 0.5) is 5.69 Å². The molecule has 0 atom stereocenters. The average Bonchev–Trinajstić information content (AvgIpc) is 2.26. The molecule has 0 N–H and O–H groups in total. The van der Waals surface area contributed by atoms with Crippen LogP contribution in [0.3, 0.4) is 0 Å². The van der Waals surface area contributed by atoms with Crippen LogP contribution >= 0.6 is 0 Å². The van der Waals surface area contributed by atoms with E-state index < -0.39 is 0 Å². The quantitative estimate of drug-likeness (QED) is 0.699. The Bertz CT molecular complexity index is 371. The summed E-state index contributed by atoms with van der Waals surface area (Å²) in [5, 5.41) is 8.69. The molecule has 0 amide bonds. The molecule has 0 saturated heterocycles. The summed E-state index contributed by atoms with van der Waals surface area (Å²) in [5.74, 6) is 0. The van der Waals surface area contributed by atoms with Gasteiger partial charge in [-0.2, -0.15) is 5.26 Å². The van der Waals surface area contributed by atoms with E-state index in [0.717, 1.165) is 24.4 Å². The SMILES string of the molecule is C=C(C)CN(CC)c1ccc(C#N)cc1. The van der Waals surface area contributed by atoms with E-state index in [1.807, 2.05) is 31.2 Å². The Kier molecular flexibility index (Phi) is 3.93. The molecule has 0 heterocycles. The van der Waals surface area contributed by atoms with Crippen LogP contribution in [-0.2, 0) is 0 Å². The Morgan fingerprint density at radius 3 is 2.40 bits per heavy atom. The van der Waals surface area contributed by atoms with E-state index in [1.54, 1.807) is 0 Å². The van der Waals surface area contributed by atoms with Crippen LogP contribution in [0.15, 0.2) is 36.4 Å². The van der Waals surface area contributed by atoms with Gasteiger partial charge in [-0.15, -0.1) is 0 Å². The molecule has 0 aliphatic rings. The highest BCUT2D eigenvalue weighted by molar-refractivity contribution is 5.50. The van der Waals surface area contributed by atoms with Gasteiger partial charge < -0.3 is 4.90 Å². The van der Waals surface area contributed by atoms with Gasteiger partial charge in [-0.05, 0) is 38.1 Å². The fraction of sp³-hybridized carbons (Fsp3) is 0.308. The molecule has 1 aromatic rings. The molecule has 0 aliphatic heterocycles. The van der Waals surface area contributed by atoms with Crippen molar-refractivity contribution >= 4 is 5.69 Å². The Balaban J connectivity index is 2.84. The maximum atomic E-state index is 8.69. The molecule has 0 fully saturated rings. The van der Waals surface area contributed by atoms with E-state index in [1.165, 1.54) is 0 Å². The second-order valence-corrected chi connectivity index (χ2v) is 3.63. The van der Waals surface area contributed by atoms with Crippen LogP contribution in [0.5, 0.6) is 0 Å². The predicted molar refractivity (Wildman–Crippen MR) is 63.9 cm³/mol. The third-order valence-corrected chi connectivity index (χ3v) is 2.20. The Morgan fingerprint density at radius 1 is 1.40 bits per heavy atom. The smallest absolute Gasteiger partial charge is 0.0991 e. The van der Waals surface area contributed by atoms with Crippen molar-refractivity contribution in [1.82, 2.24) is 0 Å². The number of nitriles is 1. The van der Waals surface area contributed by atoms with Gasteiger partial charge >= 0.3 is 0 Å². The van der Waals surface area contributed by atoms with Crippen molar-refractivity contribution in [3.05, 3.63) is 42.0 Å². The van der Waals surface area contributed by atoms with Gasteiger partial charge in [-0.25, -0.2) is 0 Å². The molecular weight excluding hydrogens is 184 g/mol. The first-order valence-electron chi connectivity index (χ1n) is 5.07. The second kappa shape index (κ2) is 5.21. The highest BCUT2D eigenvalue weighted by Gasteiger charge is 2.03. The number of hydrogen-bond donors (Lipinski definition) is 0. The molecule has 15 heavy (non-hydrogen) atoms. The summed E-state index contributed by atoms with van der Waals surface area (Å²) in [6, 6.07) is 9.76. The molecule has 0 aromatic heterocycles. The van der Waals surface area contributed by atoms with Crippen LogP contribution in [-0.4, -0.2) is 13.1 Å². The lowest BCUT2D eigenvalue weighted by atomic mass is 10.2. The Labute approximate surface area is 91.4 Å². The van der Waals surface area contributed by atoms with Crippen LogP contribution in [0.2, 0.25) is 0 Å². The number of anilines is 1. The summed E-state index contributed by atoms with van der Waals surface area (Å²) in [6.45, 7) is 9.85. The Morgan fingerprint density at radius 2 is 2.00 bits per heavy atom. The van der Waals surface area contributed by atoms with Gasteiger partial charge in [0.05, 0.1) is 11.6 Å². The number of rotatable bonds is 4. The summed E-state index contributed by atoms with van der Waals surface area (Å²) in [4.78, 5) is 2.23. The number of benzene rings is 1. The molecule has 0 unspecified atom stereocenters. The van der Waals surface area contributed by atoms with E-state index in [2.05, 4.69) is 24.5 Å². The van der Waals surface area contributed by atoms with Crippen molar-refractivity contribution in [1.29, 1.82) is 5.26 Å². The van der Waals surface area contributed by atoms with Gasteiger partial charge in [-0.1, -0.05) is 12.2 Å². The lowest BCUT2D eigenvalue weighted by Gasteiger charge is -2.23. The van der Waals surface area contributed by atoms with Crippen molar-refractivity contribution in [3.63, 3.8) is 0 Å². The second-order valence-electron chi connectivity index (χ2n) is 3.63. The first-order valence-corrected chi connectivity index (χ1v) is 5.07. The standard InChI is InChI=1S/C13H16N2/c1-4-15(10-11(2)3)13-7-5-12(9-14)6-8-13/h5-8H,2,4,10H2,1,3H3. The summed E-state index contributed by atoms with van der Waals surface area (Å²) in [6.07, 6.45) is 0. The molecule has 0 bridgehead atoms. The van der Waals surface area contributed by atoms with Crippen LogP contribution in [0, 0.1) is 11.3 Å². The molecule has 1 aromatic carbocycles. The summed E-state index contributed by atoms with van der Waals surface area (Å²) in [5.41, 5.74) is 2.98. The molecule has 0 spiro atoms. The maximum absolute atomic E-state index is 8.69. The van der Waals surface area contributed by atoms with Crippen molar-refractivity contribution < 1.29 is 0 Å². The van der Waals surface area contributed by atoms with E-state index in [9.17, 15) is 0 Å². The number of hydrogen-bond acceptors (Lipinski definition) is 2. The first-order chi connectivity index (χ1) is 7.17. The third kappa shape index (κ3) is 3.14. The molecule has 2 nitrogen and oxygen atoms in total. The van der Waals surface area contributed by atoms with Crippen molar-refractivity contribution in [2.24, 2.45) is 0 Å². The van der Waals surface area contributed by atoms with E-state index >= 15 is 0 Å². The molecular formula is C13H16N2. The lowest BCUT2D eigenvalue weighted by molar-refractivity contribution is 0.880. The topological polar surface area (TPSA) is 27.0 Å². The molecule has 1 rings (SSSR count). The number of likely N-dealkylation sites (N-methyl/N-ethyl adjacent to an activating group) is 1. The summed E-state index contributed by atoms with van der Waals surface area (Å²) < 4.78 is 0. The highest BCUT2D eigenvalue weighted by Crippen LogP contribution is 2.15. The molecule has 2 heteroatoms. The minimum absolute atomic E-state index is 0.699. The van der Waals surface area contributed by atoms with Crippen molar-refractivity contribution in [3.8, 4) is 6.07 Å². The molecule has 78 valence electrons. The van der Waals surface area contributed by atoms with E-state index in [-0.39, 0.29) is 0 Å². The normalized spacial score (nSPS) is 9.40. The van der Waals surface area contributed by atoms with Gasteiger partial charge in [0.25, 0.3) is 0 Å². The monoisotopic (exact) mass is 200 g/mol. The summed E-state index contributed by atoms with van der Waals surface area (Å²) >= 11 is 0. The fourth-order valence-electron chi connectivity index (χ4n) is 1.46. The largest absolute Gasteiger partial charge is 0.368 e. The minimum atomic E-state index is 0.699. The van der Waals surface area contributed by atoms with E-state index in [0.29, 0.717) is 5.56 Å². The van der Waals surface area contributed by atoms with Crippen molar-refractivity contribution in [2.45, 2.75) is 13.8 Å². The maximum Gasteiger partial charge on any atom is 0.0991 e. The third-order valence-electron chi connectivity index (χ3n) is 2.20. The zero-order valence-corrected chi connectivity index (χ0v) is 9.33. The zero-order valence-electron chi connectivity index (χ0n) is 9.33.